The van der Waals surface area contributed by atoms with Crippen molar-refractivity contribution in [2.75, 3.05) is 5.94 Å². The van der Waals surface area contributed by atoms with Crippen LogP contribution in [0.2, 0.25) is 0 Å². The van der Waals surface area contributed by atoms with Crippen LogP contribution in [0.5, 0.6) is 0 Å². The van der Waals surface area contributed by atoms with Gasteiger partial charge < -0.3 is 9.66 Å². The van der Waals surface area contributed by atoms with E-state index in [2.05, 4.69) is 11.2 Å². The summed E-state index contributed by atoms with van der Waals surface area (Å²) in [5, 5.41) is 7.71. The van der Waals surface area contributed by atoms with Crippen molar-refractivity contribution in [2.45, 2.75) is 0 Å². The van der Waals surface area contributed by atoms with Gasteiger partial charge in [-0.15, -0.1) is 0 Å². The molecular weight excluding hydrogens is 124 g/mol. The lowest BCUT2D eigenvalue weighted by Gasteiger charge is -2.01. The van der Waals surface area contributed by atoms with E-state index in [0.717, 1.165) is 0 Å². The van der Waals surface area contributed by atoms with Crippen molar-refractivity contribution in [1.82, 2.24) is 0 Å². The molecule has 0 rings (SSSR count). The highest BCUT2D eigenvalue weighted by Gasteiger charge is 1.76. The summed E-state index contributed by atoms with van der Waals surface area (Å²) in [6.07, 6.45) is 0. The number of hydrogen-bond acceptors (Lipinski definition) is 4. The summed E-state index contributed by atoms with van der Waals surface area (Å²) in [7, 11) is -3.52. The average Bonchev–Trinajstić information content (AvgIpc) is 1.35. The third-order valence-corrected chi connectivity index (χ3v) is 0.791. The average molecular weight is 127 g/mol. The van der Waals surface area contributed by atoms with Crippen molar-refractivity contribution in [1.29, 1.82) is 0 Å². The van der Waals surface area contributed by atoms with Gasteiger partial charge in [0.25, 0.3) is 0 Å². The van der Waals surface area contributed by atoms with Crippen LogP contribution in [0.4, 0.5) is 0 Å². The van der Waals surface area contributed by atoms with Gasteiger partial charge in [0.2, 0.25) is 0 Å². The van der Waals surface area contributed by atoms with Crippen molar-refractivity contribution in [3.63, 3.8) is 0 Å². The smallest absolute Gasteiger partial charge is 0.108 e. The minimum atomic E-state index is -3.52. The van der Waals surface area contributed by atoms with Crippen molar-refractivity contribution < 1.29 is 13.9 Å². The molecule has 5 heteroatoms. The topological polar surface area (TPSA) is 60.4 Å². The fourth-order valence-corrected chi connectivity index (χ4v) is 0. The quantitative estimate of drug-likeness (QED) is 0.481. The van der Waals surface area contributed by atoms with E-state index in [1.54, 1.807) is 0 Å². The van der Waals surface area contributed by atoms with Crippen molar-refractivity contribution >= 4 is 20.0 Å². The first-order valence-corrected chi connectivity index (χ1v) is 3.68. The van der Waals surface area contributed by atoms with Gasteiger partial charge in [-0.3, -0.25) is 4.21 Å². The van der Waals surface area contributed by atoms with Gasteiger partial charge in [0, 0.05) is 0 Å². The summed E-state index contributed by atoms with van der Waals surface area (Å²) in [5.41, 5.74) is 0. The zero-order valence-electron chi connectivity index (χ0n) is 2.79. The predicted molar refractivity (Wildman–Crippen MR) is 23.4 cm³/mol. The molecule has 0 saturated heterocycles. The molecule has 1 unspecified atom stereocenters. The highest BCUT2D eigenvalue weighted by molar-refractivity contribution is 8.29. The molecule has 0 aliphatic carbocycles. The molecule has 0 aromatic rings. The molecule has 6 heavy (non-hydrogen) atoms. The summed E-state index contributed by atoms with van der Waals surface area (Å²) >= 11 is 3.71. The predicted octanol–water partition coefficient (Wildman–Crippen LogP) is -1.19. The Labute approximate surface area is 40.5 Å². The maximum absolute atomic E-state index is 9.56. The van der Waals surface area contributed by atoms with E-state index < -0.39 is 14.7 Å². The van der Waals surface area contributed by atoms with Crippen LogP contribution in [0, 0.1) is 0 Å². The lowest BCUT2D eigenvalue weighted by Crippen LogP contribution is -1.99. The Balaban J connectivity index is 3.85. The van der Waals surface area contributed by atoms with Gasteiger partial charge in [0.15, 0.2) is 0 Å². The maximum atomic E-state index is 9.56. The number of aliphatic hydroxyl groups excluding tert-OH is 1. The Bertz CT molecular complexity index is 111. The monoisotopic (exact) mass is 127 g/mol. The molecule has 1 atom stereocenters. The lowest BCUT2D eigenvalue weighted by molar-refractivity contribution is 0.350. The fraction of sp³-hybridized carbons (Fsp3) is 1.00. The summed E-state index contributed by atoms with van der Waals surface area (Å²) in [6.45, 7) is 0. The Morgan fingerprint density at radius 2 is 2.17 bits per heavy atom. The molecule has 38 valence electrons. The van der Waals surface area contributed by atoms with Gasteiger partial charge >= 0.3 is 0 Å². The van der Waals surface area contributed by atoms with Crippen LogP contribution < -0.4 is 0 Å². The highest BCUT2D eigenvalue weighted by Crippen LogP contribution is 1.72. The van der Waals surface area contributed by atoms with Crippen molar-refractivity contribution in [2.24, 2.45) is 0 Å². The minimum absolute atomic E-state index is 0.942. The Morgan fingerprint density at radius 1 is 2.00 bits per heavy atom. The maximum Gasteiger partial charge on any atom is 0.108 e. The van der Waals surface area contributed by atoms with Gasteiger partial charge in [-0.1, -0.05) is 0 Å². The van der Waals surface area contributed by atoms with Crippen molar-refractivity contribution in [3.8, 4) is 0 Å². The molecule has 0 spiro atoms. The van der Waals surface area contributed by atoms with Gasteiger partial charge in [0.1, 0.15) is 5.94 Å². The number of hydrogen-bond donors (Lipinski definition) is 1. The fourth-order valence-electron chi connectivity index (χ4n) is 0. The lowest BCUT2D eigenvalue weighted by atomic mass is 11.7. The number of rotatable bonds is 1. The SMILES string of the molecule is O=S([O-])(=S)CO. The minimum Gasteiger partial charge on any atom is -0.768 e. The summed E-state index contributed by atoms with van der Waals surface area (Å²) < 4.78 is 19.1. The summed E-state index contributed by atoms with van der Waals surface area (Å²) in [5.74, 6) is -0.942. The molecule has 0 bridgehead atoms. The molecule has 0 radical (unpaired) electrons. The zero-order chi connectivity index (χ0) is 5.21. The molecule has 0 saturated carbocycles. The molecule has 1 N–H and O–H groups in total. The van der Waals surface area contributed by atoms with Crippen LogP contribution in [-0.4, -0.2) is 19.8 Å². The van der Waals surface area contributed by atoms with Gasteiger partial charge in [-0.25, -0.2) is 0 Å². The summed E-state index contributed by atoms with van der Waals surface area (Å²) in [4.78, 5) is 0. The Kier molecular flexibility index (Phi) is 1.92. The van der Waals surface area contributed by atoms with Crippen LogP contribution in [0.15, 0.2) is 0 Å². The molecule has 0 aromatic heterocycles. The first kappa shape index (κ1) is 6.29. The third-order valence-electron chi connectivity index (χ3n) is 0.158. The van der Waals surface area contributed by atoms with Crippen LogP contribution in [-0.2, 0) is 20.0 Å². The van der Waals surface area contributed by atoms with Crippen LogP contribution in [0.3, 0.4) is 0 Å². The van der Waals surface area contributed by atoms with Crippen molar-refractivity contribution in [3.05, 3.63) is 0 Å². The van der Waals surface area contributed by atoms with Gasteiger partial charge in [-0.2, -0.15) is 0 Å². The first-order chi connectivity index (χ1) is 2.56. The molecule has 0 fully saturated rings. The van der Waals surface area contributed by atoms with E-state index in [-0.39, 0.29) is 0 Å². The Morgan fingerprint density at radius 3 is 2.17 bits per heavy atom. The van der Waals surface area contributed by atoms with Gasteiger partial charge in [-0.05, 0) is 20.0 Å². The first-order valence-electron chi connectivity index (χ1n) is 1.10. The van der Waals surface area contributed by atoms with Crippen LogP contribution >= 0.6 is 0 Å². The second-order valence-electron chi connectivity index (χ2n) is 0.687. The molecular formula is CH3O3S2-. The molecule has 0 aliphatic heterocycles. The standard InChI is InChI=1S/CH4O3S2/c2-1-6(3,4)5/h2H,1H2,(H,3,4,5)/p-1. The van der Waals surface area contributed by atoms with E-state index in [4.69, 9.17) is 5.11 Å². The van der Waals surface area contributed by atoms with E-state index in [1.165, 1.54) is 0 Å². The zero-order valence-corrected chi connectivity index (χ0v) is 4.42. The largest absolute Gasteiger partial charge is 0.768 e. The van der Waals surface area contributed by atoms with Crippen LogP contribution in [0.25, 0.3) is 0 Å². The van der Waals surface area contributed by atoms with Gasteiger partial charge in [0.05, 0.1) is 0 Å². The third kappa shape index (κ3) is 4.29. The van der Waals surface area contributed by atoms with E-state index in [1.807, 2.05) is 0 Å². The second kappa shape index (κ2) is 1.83. The molecule has 0 aliphatic rings. The molecule has 3 nitrogen and oxygen atoms in total. The van der Waals surface area contributed by atoms with Crippen LogP contribution in [0.1, 0.15) is 0 Å². The Hall–Kier alpha value is 0.290. The summed E-state index contributed by atoms with van der Waals surface area (Å²) in [6, 6.07) is 0. The van der Waals surface area contributed by atoms with E-state index in [0.29, 0.717) is 0 Å². The molecule has 0 amide bonds. The second-order valence-corrected chi connectivity index (χ2v) is 3.58. The molecule has 0 heterocycles. The number of aliphatic hydroxyl groups is 1. The normalized spacial score (nSPS) is 19.7. The van der Waals surface area contributed by atoms with E-state index in [9.17, 15) is 8.76 Å². The molecule has 0 aromatic carbocycles. The highest BCUT2D eigenvalue weighted by atomic mass is 32.8. The van der Waals surface area contributed by atoms with E-state index >= 15 is 0 Å².